The van der Waals surface area contributed by atoms with Crippen LogP contribution in [0.25, 0.3) is 0 Å². The number of nitrogens with one attached hydrogen (secondary N) is 1. The van der Waals surface area contributed by atoms with Crippen molar-refractivity contribution in [2.75, 3.05) is 6.54 Å². The fraction of sp³-hybridized carbons (Fsp3) is 0.750. The zero-order chi connectivity index (χ0) is 10.8. The summed E-state index contributed by atoms with van der Waals surface area (Å²) in [6.07, 6.45) is 2.83. The Labute approximate surface area is 91.3 Å². The van der Waals surface area contributed by atoms with Crippen LogP contribution in [0.5, 0.6) is 0 Å². The van der Waals surface area contributed by atoms with Crippen LogP contribution in [-0.4, -0.2) is 11.5 Å². The summed E-state index contributed by atoms with van der Waals surface area (Å²) < 4.78 is 5.47. The van der Waals surface area contributed by atoms with E-state index in [-0.39, 0.29) is 0 Å². The molecule has 1 heterocycles. The van der Waals surface area contributed by atoms with E-state index >= 15 is 0 Å². The topological polar surface area (TPSA) is 38.1 Å². The summed E-state index contributed by atoms with van der Waals surface area (Å²) in [5, 5.41) is 3.40. The minimum atomic E-state index is 0.628. The van der Waals surface area contributed by atoms with E-state index in [1.807, 2.05) is 0 Å². The second kappa shape index (κ2) is 4.35. The molecule has 0 aromatic carbocycles. The molecular weight excluding hydrogens is 188 g/mol. The van der Waals surface area contributed by atoms with Crippen LogP contribution in [0, 0.1) is 11.8 Å². The summed E-state index contributed by atoms with van der Waals surface area (Å²) in [7, 11) is 0. The van der Waals surface area contributed by atoms with Crippen LogP contribution in [-0.2, 0) is 6.54 Å². The molecule has 1 aliphatic carbocycles. The van der Waals surface area contributed by atoms with Gasteiger partial charge in [0.2, 0.25) is 0 Å². The summed E-state index contributed by atoms with van der Waals surface area (Å²) >= 11 is 0. The van der Waals surface area contributed by atoms with E-state index in [0.29, 0.717) is 11.8 Å². The van der Waals surface area contributed by atoms with E-state index in [1.165, 1.54) is 6.42 Å². The smallest absolute Gasteiger partial charge is 0.181 e. The predicted octanol–water partition coefficient (Wildman–Crippen LogP) is 2.54. The van der Waals surface area contributed by atoms with Gasteiger partial charge in [-0.15, -0.1) is 0 Å². The van der Waals surface area contributed by atoms with Crippen LogP contribution in [0.3, 0.4) is 0 Å². The molecule has 1 aromatic heterocycles. The van der Waals surface area contributed by atoms with E-state index in [1.54, 1.807) is 6.39 Å². The Morgan fingerprint density at radius 3 is 2.93 bits per heavy atom. The molecule has 1 N–H and O–H groups in total. The van der Waals surface area contributed by atoms with Gasteiger partial charge in [0.1, 0.15) is 5.76 Å². The predicted molar refractivity (Wildman–Crippen MR) is 59.6 cm³/mol. The van der Waals surface area contributed by atoms with Crippen molar-refractivity contribution in [1.29, 1.82) is 0 Å². The standard InChI is InChI=1S/C12H20N2O/c1-8(2)5-13-6-11-12(15-7-14-11)10-4-9(10)3/h7-10,13H,4-6H2,1-3H3. The lowest BCUT2D eigenvalue weighted by molar-refractivity contribution is 0.491. The summed E-state index contributed by atoms with van der Waals surface area (Å²) in [6, 6.07) is 0. The van der Waals surface area contributed by atoms with Crippen molar-refractivity contribution in [2.45, 2.75) is 39.7 Å². The highest BCUT2D eigenvalue weighted by atomic mass is 16.3. The highest BCUT2D eigenvalue weighted by Crippen LogP contribution is 2.47. The molecule has 2 unspecified atom stereocenters. The van der Waals surface area contributed by atoms with Crippen molar-refractivity contribution in [3.8, 4) is 0 Å². The number of hydrogen-bond donors (Lipinski definition) is 1. The van der Waals surface area contributed by atoms with E-state index in [0.717, 1.165) is 30.5 Å². The van der Waals surface area contributed by atoms with Crippen molar-refractivity contribution in [3.05, 3.63) is 17.8 Å². The Morgan fingerprint density at radius 1 is 1.60 bits per heavy atom. The average Bonchev–Trinajstić information content (AvgIpc) is 2.73. The van der Waals surface area contributed by atoms with Gasteiger partial charge in [0, 0.05) is 12.5 Å². The number of nitrogens with zero attached hydrogens (tertiary/aromatic N) is 1. The van der Waals surface area contributed by atoms with Gasteiger partial charge in [-0.3, -0.25) is 0 Å². The molecule has 0 spiro atoms. The van der Waals surface area contributed by atoms with Crippen LogP contribution in [0.1, 0.15) is 44.6 Å². The summed E-state index contributed by atoms with van der Waals surface area (Å²) in [5.74, 6) is 3.20. The van der Waals surface area contributed by atoms with Gasteiger partial charge in [0.05, 0.1) is 5.69 Å². The van der Waals surface area contributed by atoms with Crippen LogP contribution < -0.4 is 5.32 Å². The maximum absolute atomic E-state index is 5.47. The van der Waals surface area contributed by atoms with Crippen molar-refractivity contribution in [3.63, 3.8) is 0 Å². The van der Waals surface area contributed by atoms with Gasteiger partial charge in [0.25, 0.3) is 0 Å². The van der Waals surface area contributed by atoms with Gasteiger partial charge in [-0.05, 0) is 24.8 Å². The largest absolute Gasteiger partial charge is 0.448 e. The van der Waals surface area contributed by atoms with E-state index in [9.17, 15) is 0 Å². The molecule has 1 aliphatic rings. The summed E-state index contributed by atoms with van der Waals surface area (Å²) in [6.45, 7) is 8.55. The van der Waals surface area contributed by atoms with Gasteiger partial charge in [-0.1, -0.05) is 20.8 Å². The molecule has 84 valence electrons. The number of oxazole rings is 1. The van der Waals surface area contributed by atoms with Gasteiger partial charge >= 0.3 is 0 Å². The maximum Gasteiger partial charge on any atom is 0.181 e. The number of aromatic nitrogens is 1. The molecule has 0 radical (unpaired) electrons. The van der Waals surface area contributed by atoms with Crippen molar-refractivity contribution in [1.82, 2.24) is 10.3 Å². The molecular formula is C12H20N2O. The Bertz CT molecular complexity index is 319. The molecule has 1 fully saturated rings. The average molecular weight is 208 g/mol. The first-order valence-corrected chi connectivity index (χ1v) is 5.81. The fourth-order valence-electron chi connectivity index (χ4n) is 1.88. The lowest BCUT2D eigenvalue weighted by Crippen LogP contribution is -2.19. The Balaban J connectivity index is 1.88. The Kier molecular flexibility index (Phi) is 3.10. The fourth-order valence-corrected chi connectivity index (χ4v) is 1.88. The van der Waals surface area contributed by atoms with Gasteiger partial charge < -0.3 is 9.73 Å². The van der Waals surface area contributed by atoms with Crippen LogP contribution in [0.15, 0.2) is 10.8 Å². The molecule has 0 aliphatic heterocycles. The lowest BCUT2D eigenvalue weighted by atomic mass is 10.2. The molecule has 15 heavy (non-hydrogen) atoms. The molecule has 0 amide bonds. The van der Waals surface area contributed by atoms with E-state index < -0.39 is 0 Å². The second-order valence-corrected chi connectivity index (χ2v) is 5.01. The Hall–Kier alpha value is -0.830. The molecule has 0 bridgehead atoms. The Morgan fingerprint density at radius 2 is 2.33 bits per heavy atom. The first kappa shape index (κ1) is 10.7. The van der Waals surface area contributed by atoms with Gasteiger partial charge in [-0.2, -0.15) is 0 Å². The normalized spacial score (nSPS) is 24.8. The third kappa shape index (κ3) is 2.59. The minimum Gasteiger partial charge on any atom is -0.448 e. The lowest BCUT2D eigenvalue weighted by Gasteiger charge is -2.06. The molecule has 0 saturated heterocycles. The van der Waals surface area contributed by atoms with Crippen LogP contribution >= 0.6 is 0 Å². The third-order valence-corrected chi connectivity index (χ3v) is 2.96. The molecule has 1 saturated carbocycles. The van der Waals surface area contributed by atoms with E-state index in [2.05, 4.69) is 31.1 Å². The minimum absolute atomic E-state index is 0.628. The van der Waals surface area contributed by atoms with E-state index in [4.69, 9.17) is 4.42 Å². The third-order valence-electron chi connectivity index (χ3n) is 2.96. The van der Waals surface area contributed by atoms with Crippen LogP contribution in [0.4, 0.5) is 0 Å². The molecule has 2 atom stereocenters. The quantitative estimate of drug-likeness (QED) is 0.808. The van der Waals surface area contributed by atoms with Crippen molar-refractivity contribution >= 4 is 0 Å². The molecule has 1 aromatic rings. The molecule has 2 rings (SSSR count). The first-order chi connectivity index (χ1) is 7.18. The SMILES string of the molecule is CC(C)CNCc1ncoc1C1CC1C. The maximum atomic E-state index is 5.47. The summed E-state index contributed by atoms with van der Waals surface area (Å²) in [4.78, 5) is 4.28. The van der Waals surface area contributed by atoms with Gasteiger partial charge in [-0.25, -0.2) is 4.98 Å². The molecule has 3 nitrogen and oxygen atoms in total. The van der Waals surface area contributed by atoms with Gasteiger partial charge in [0.15, 0.2) is 6.39 Å². The second-order valence-electron chi connectivity index (χ2n) is 5.01. The monoisotopic (exact) mass is 208 g/mol. The summed E-state index contributed by atoms with van der Waals surface area (Å²) in [5.41, 5.74) is 1.10. The zero-order valence-corrected chi connectivity index (χ0v) is 9.79. The van der Waals surface area contributed by atoms with Crippen molar-refractivity contribution in [2.24, 2.45) is 11.8 Å². The van der Waals surface area contributed by atoms with Crippen LogP contribution in [0.2, 0.25) is 0 Å². The number of hydrogen-bond acceptors (Lipinski definition) is 3. The van der Waals surface area contributed by atoms with Crippen molar-refractivity contribution < 1.29 is 4.42 Å². The number of rotatable bonds is 5. The highest BCUT2D eigenvalue weighted by Gasteiger charge is 2.38. The highest BCUT2D eigenvalue weighted by molar-refractivity contribution is 5.19. The molecule has 3 heteroatoms. The first-order valence-electron chi connectivity index (χ1n) is 5.81. The zero-order valence-electron chi connectivity index (χ0n) is 9.79.